The number of nitrogens with one attached hydrogen (secondary N) is 1. The van der Waals surface area contributed by atoms with Gasteiger partial charge in [-0.05, 0) is 42.5 Å². The quantitative estimate of drug-likeness (QED) is 0.854. The van der Waals surface area contributed by atoms with E-state index in [2.05, 4.69) is 31.3 Å². The van der Waals surface area contributed by atoms with Crippen molar-refractivity contribution in [2.75, 3.05) is 20.8 Å². The summed E-state index contributed by atoms with van der Waals surface area (Å²) in [6.07, 6.45) is 5.26. The van der Waals surface area contributed by atoms with Crippen LogP contribution in [0, 0.1) is 5.41 Å². The number of rotatable bonds is 6. The maximum Gasteiger partial charge on any atom is 0.161 e. The molecule has 3 heteroatoms. The summed E-state index contributed by atoms with van der Waals surface area (Å²) in [5.74, 6) is 1.61. The van der Waals surface area contributed by atoms with Crippen molar-refractivity contribution in [3.05, 3.63) is 23.8 Å². The third-order valence-corrected chi connectivity index (χ3v) is 4.59. The number of hydrogen-bond acceptors (Lipinski definition) is 3. The first kappa shape index (κ1) is 15.2. The summed E-state index contributed by atoms with van der Waals surface area (Å²) in [5.41, 5.74) is 1.64. The van der Waals surface area contributed by atoms with E-state index in [1.165, 1.54) is 31.2 Å². The minimum Gasteiger partial charge on any atom is -0.493 e. The van der Waals surface area contributed by atoms with Gasteiger partial charge in [-0.3, -0.25) is 0 Å². The Labute approximate surface area is 122 Å². The summed E-state index contributed by atoms with van der Waals surface area (Å²) < 4.78 is 10.8. The Morgan fingerprint density at radius 3 is 2.35 bits per heavy atom. The van der Waals surface area contributed by atoms with Gasteiger partial charge in [0.1, 0.15) is 0 Å². The zero-order valence-electron chi connectivity index (χ0n) is 13.2. The number of ether oxygens (including phenoxy) is 2. The first-order valence-corrected chi connectivity index (χ1v) is 7.60. The fraction of sp³-hybridized carbons (Fsp3) is 0.647. The largest absolute Gasteiger partial charge is 0.493 e. The standard InChI is InChI=1S/C17H27NO2/c1-5-18-16(17(2)10-6-7-11-17)13-8-9-14(19-3)15(12-13)20-4/h8-9,12,16,18H,5-7,10-11H2,1-4H3. The zero-order valence-corrected chi connectivity index (χ0v) is 13.2. The Balaban J connectivity index is 2.34. The topological polar surface area (TPSA) is 30.5 Å². The Kier molecular flexibility index (Phi) is 4.92. The maximum absolute atomic E-state index is 5.45. The third kappa shape index (κ3) is 2.93. The molecule has 1 aliphatic carbocycles. The van der Waals surface area contributed by atoms with E-state index in [0.29, 0.717) is 11.5 Å². The van der Waals surface area contributed by atoms with Crippen molar-refractivity contribution in [2.45, 2.75) is 45.6 Å². The SMILES string of the molecule is CCNC(c1ccc(OC)c(OC)c1)C1(C)CCCC1. The van der Waals surface area contributed by atoms with Crippen molar-refractivity contribution in [2.24, 2.45) is 5.41 Å². The molecule has 2 rings (SSSR count). The second kappa shape index (κ2) is 6.49. The van der Waals surface area contributed by atoms with E-state index < -0.39 is 0 Å². The van der Waals surface area contributed by atoms with Gasteiger partial charge in [-0.2, -0.15) is 0 Å². The fourth-order valence-electron chi connectivity index (χ4n) is 3.47. The summed E-state index contributed by atoms with van der Waals surface area (Å²) >= 11 is 0. The highest BCUT2D eigenvalue weighted by Crippen LogP contribution is 2.48. The van der Waals surface area contributed by atoms with Crippen LogP contribution in [0.2, 0.25) is 0 Å². The van der Waals surface area contributed by atoms with Crippen LogP contribution >= 0.6 is 0 Å². The van der Waals surface area contributed by atoms with Crippen molar-refractivity contribution in [1.82, 2.24) is 5.32 Å². The molecule has 0 aromatic heterocycles. The molecule has 1 aromatic carbocycles. The number of hydrogen-bond donors (Lipinski definition) is 1. The van der Waals surface area contributed by atoms with Crippen LogP contribution in [0.3, 0.4) is 0 Å². The summed E-state index contributed by atoms with van der Waals surface area (Å²) in [7, 11) is 3.37. The predicted molar refractivity (Wildman–Crippen MR) is 82.5 cm³/mol. The fourth-order valence-corrected chi connectivity index (χ4v) is 3.47. The highest BCUT2D eigenvalue weighted by atomic mass is 16.5. The van der Waals surface area contributed by atoms with E-state index in [0.717, 1.165) is 18.0 Å². The normalized spacial score (nSPS) is 18.8. The lowest BCUT2D eigenvalue weighted by atomic mass is 9.77. The van der Waals surface area contributed by atoms with Crippen LogP contribution in [0.5, 0.6) is 11.5 Å². The first-order valence-electron chi connectivity index (χ1n) is 7.60. The minimum atomic E-state index is 0.343. The maximum atomic E-state index is 5.45. The van der Waals surface area contributed by atoms with Crippen molar-refractivity contribution in [1.29, 1.82) is 0 Å². The second-order valence-corrected chi connectivity index (χ2v) is 5.97. The molecule has 1 aromatic rings. The van der Waals surface area contributed by atoms with Crippen LogP contribution in [0.15, 0.2) is 18.2 Å². The van der Waals surface area contributed by atoms with Gasteiger partial charge in [-0.25, -0.2) is 0 Å². The summed E-state index contributed by atoms with van der Waals surface area (Å²) in [5, 5.41) is 3.67. The van der Waals surface area contributed by atoms with Crippen molar-refractivity contribution in [3.8, 4) is 11.5 Å². The zero-order chi connectivity index (χ0) is 14.6. The van der Waals surface area contributed by atoms with Gasteiger partial charge in [0.15, 0.2) is 11.5 Å². The molecule has 0 saturated heterocycles. The van der Waals surface area contributed by atoms with E-state index in [-0.39, 0.29) is 0 Å². The molecule has 1 aliphatic rings. The average Bonchev–Trinajstić information content (AvgIpc) is 2.91. The molecule has 0 aliphatic heterocycles. The molecule has 112 valence electrons. The van der Waals surface area contributed by atoms with Crippen LogP contribution in [-0.2, 0) is 0 Å². The molecule has 0 radical (unpaired) electrons. The van der Waals surface area contributed by atoms with Crippen LogP contribution in [0.4, 0.5) is 0 Å². The highest BCUT2D eigenvalue weighted by Gasteiger charge is 2.37. The van der Waals surface area contributed by atoms with Gasteiger partial charge >= 0.3 is 0 Å². The molecular formula is C17H27NO2. The molecule has 3 nitrogen and oxygen atoms in total. The molecule has 20 heavy (non-hydrogen) atoms. The molecule has 1 fully saturated rings. The van der Waals surface area contributed by atoms with Crippen LogP contribution in [0.1, 0.15) is 51.1 Å². The molecule has 0 heterocycles. The van der Waals surface area contributed by atoms with E-state index in [1.807, 2.05) is 6.07 Å². The predicted octanol–water partition coefficient (Wildman–Crippen LogP) is 3.93. The Morgan fingerprint density at radius 2 is 1.80 bits per heavy atom. The number of methoxy groups -OCH3 is 2. The lowest BCUT2D eigenvalue weighted by Gasteiger charge is -2.35. The van der Waals surface area contributed by atoms with Crippen LogP contribution in [0.25, 0.3) is 0 Å². The molecule has 1 saturated carbocycles. The van der Waals surface area contributed by atoms with E-state index in [1.54, 1.807) is 14.2 Å². The van der Waals surface area contributed by atoms with Crippen molar-refractivity contribution < 1.29 is 9.47 Å². The Hall–Kier alpha value is -1.22. The third-order valence-electron chi connectivity index (χ3n) is 4.59. The van der Waals surface area contributed by atoms with Gasteiger partial charge in [0.05, 0.1) is 14.2 Å². The lowest BCUT2D eigenvalue weighted by Crippen LogP contribution is -2.34. The van der Waals surface area contributed by atoms with Gasteiger partial charge in [0, 0.05) is 6.04 Å². The van der Waals surface area contributed by atoms with E-state index >= 15 is 0 Å². The van der Waals surface area contributed by atoms with Gasteiger partial charge in [-0.15, -0.1) is 0 Å². The second-order valence-electron chi connectivity index (χ2n) is 5.97. The molecule has 1 N–H and O–H groups in total. The van der Waals surface area contributed by atoms with Crippen molar-refractivity contribution >= 4 is 0 Å². The first-order chi connectivity index (χ1) is 9.64. The molecule has 0 amide bonds. The molecule has 1 atom stereocenters. The Morgan fingerprint density at radius 1 is 1.15 bits per heavy atom. The van der Waals surface area contributed by atoms with Crippen molar-refractivity contribution in [3.63, 3.8) is 0 Å². The molecular weight excluding hydrogens is 250 g/mol. The van der Waals surface area contributed by atoms with Crippen LogP contribution < -0.4 is 14.8 Å². The highest BCUT2D eigenvalue weighted by molar-refractivity contribution is 5.44. The molecule has 0 spiro atoms. The smallest absolute Gasteiger partial charge is 0.161 e. The van der Waals surface area contributed by atoms with Crippen LogP contribution in [-0.4, -0.2) is 20.8 Å². The van der Waals surface area contributed by atoms with Gasteiger partial charge in [0.25, 0.3) is 0 Å². The van der Waals surface area contributed by atoms with Gasteiger partial charge < -0.3 is 14.8 Å². The monoisotopic (exact) mass is 277 g/mol. The number of benzene rings is 1. The Bertz CT molecular complexity index is 439. The average molecular weight is 277 g/mol. The van der Waals surface area contributed by atoms with E-state index in [9.17, 15) is 0 Å². The van der Waals surface area contributed by atoms with Gasteiger partial charge in [-0.1, -0.05) is 32.8 Å². The minimum absolute atomic E-state index is 0.343. The van der Waals surface area contributed by atoms with Gasteiger partial charge in [0.2, 0.25) is 0 Å². The molecule has 1 unspecified atom stereocenters. The molecule has 0 bridgehead atoms. The summed E-state index contributed by atoms with van der Waals surface area (Å²) in [6, 6.07) is 6.68. The summed E-state index contributed by atoms with van der Waals surface area (Å²) in [6.45, 7) is 5.56. The summed E-state index contributed by atoms with van der Waals surface area (Å²) in [4.78, 5) is 0. The van der Waals surface area contributed by atoms with E-state index in [4.69, 9.17) is 9.47 Å². The lowest BCUT2D eigenvalue weighted by molar-refractivity contribution is 0.225.